The topological polar surface area (TPSA) is 26.8 Å². The minimum Gasteiger partial charge on any atom is -0.332 e. The van der Waals surface area contributed by atoms with Gasteiger partial charge in [0.1, 0.15) is 0 Å². The Hall–Kier alpha value is -2.64. The molecule has 2 heterocycles. The number of likely N-dealkylation sites (tertiary alicyclic amines) is 1. The van der Waals surface area contributed by atoms with Crippen molar-refractivity contribution in [3.63, 3.8) is 0 Å². The van der Waals surface area contributed by atoms with Crippen molar-refractivity contribution in [3.05, 3.63) is 76.4 Å². The molecule has 198 valence electrons. The number of carbonyl (C=O) groups is 1. The van der Waals surface area contributed by atoms with Crippen LogP contribution in [0.25, 0.3) is 6.08 Å². The molecule has 2 aromatic carbocycles. The molecule has 0 radical (unpaired) electrons. The Balaban J connectivity index is 1.36. The van der Waals surface area contributed by atoms with E-state index in [1.54, 1.807) is 17.0 Å². The SMILES string of the molecule is CN1CCC(N(Cc2ccccc2C(F)(F)F)C(=O)/C=C/c2cccc3c2CCN(CC2CC2)C3)CC1. The van der Waals surface area contributed by atoms with Gasteiger partial charge in [-0.2, -0.15) is 13.2 Å². The smallest absolute Gasteiger partial charge is 0.332 e. The molecular formula is C30H36F3N3O. The Morgan fingerprint density at radius 2 is 1.78 bits per heavy atom. The fraction of sp³-hybridized carbons (Fsp3) is 0.500. The first-order valence-corrected chi connectivity index (χ1v) is 13.4. The van der Waals surface area contributed by atoms with Crippen molar-refractivity contribution in [3.8, 4) is 0 Å². The summed E-state index contributed by atoms with van der Waals surface area (Å²) in [5.41, 5.74) is 3.11. The Morgan fingerprint density at radius 1 is 1.03 bits per heavy atom. The highest BCUT2D eigenvalue weighted by Crippen LogP contribution is 2.34. The van der Waals surface area contributed by atoms with Gasteiger partial charge >= 0.3 is 6.18 Å². The van der Waals surface area contributed by atoms with Crippen LogP contribution in [0.15, 0.2) is 48.5 Å². The van der Waals surface area contributed by atoms with Crippen LogP contribution in [0, 0.1) is 5.92 Å². The molecule has 4 nitrogen and oxygen atoms in total. The molecule has 0 aromatic heterocycles. The predicted octanol–water partition coefficient (Wildman–Crippen LogP) is 5.61. The molecule has 1 saturated carbocycles. The highest BCUT2D eigenvalue weighted by atomic mass is 19.4. The molecule has 0 spiro atoms. The maximum absolute atomic E-state index is 13.7. The number of hydrogen-bond acceptors (Lipinski definition) is 3. The van der Waals surface area contributed by atoms with E-state index in [1.165, 1.54) is 42.6 Å². The van der Waals surface area contributed by atoms with Crippen LogP contribution < -0.4 is 0 Å². The lowest BCUT2D eigenvalue weighted by molar-refractivity contribution is -0.139. The summed E-state index contributed by atoms with van der Waals surface area (Å²) in [6, 6.07) is 11.8. The van der Waals surface area contributed by atoms with Crippen molar-refractivity contribution < 1.29 is 18.0 Å². The summed E-state index contributed by atoms with van der Waals surface area (Å²) in [4.78, 5) is 19.9. The molecule has 3 aliphatic rings. The minimum atomic E-state index is -4.45. The fourth-order valence-corrected chi connectivity index (χ4v) is 5.74. The number of rotatable bonds is 7. The molecule has 0 N–H and O–H groups in total. The number of carbonyl (C=O) groups excluding carboxylic acids is 1. The maximum Gasteiger partial charge on any atom is 0.416 e. The molecule has 37 heavy (non-hydrogen) atoms. The molecule has 1 saturated heterocycles. The summed E-state index contributed by atoms with van der Waals surface area (Å²) in [5.74, 6) is 0.630. The summed E-state index contributed by atoms with van der Waals surface area (Å²) in [6.45, 7) is 4.74. The summed E-state index contributed by atoms with van der Waals surface area (Å²) >= 11 is 0. The van der Waals surface area contributed by atoms with Gasteiger partial charge < -0.3 is 9.80 Å². The first kappa shape index (κ1) is 26.0. The summed E-state index contributed by atoms with van der Waals surface area (Å²) in [6.07, 6.45) is 4.13. The molecule has 0 unspecified atom stereocenters. The van der Waals surface area contributed by atoms with E-state index in [2.05, 4.69) is 15.9 Å². The average Bonchev–Trinajstić information content (AvgIpc) is 3.70. The monoisotopic (exact) mass is 511 g/mol. The van der Waals surface area contributed by atoms with Crippen molar-refractivity contribution in [1.82, 2.24) is 14.7 Å². The van der Waals surface area contributed by atoms with Gasteiger partial charge in [-0.15, -0.1) is 0 Å². The summed E-state index contributed by atoms with van der Waals surface area (Å²) < 4.78 is 41.1. The second-order valence-electron chi connectivity index (χ2n) is 10.9. The average molecular weight is 512 g/mol. The van der Waals surface area contributed by atoms with E-state index in [1.807, 2.05) is 25.3 Å². The zero-order valence-electron chi connectivity index (χ0n) is 21.5. The summed E-state index contributed by atoms with van der Waals surface area (Å²) in [7, 11) is 2.03. The van der Waals surface area contributed by atoms with E-state index in [-0.39, 0.29) is 24.1 Å². The number of benzene rings is 2. The third-order valence-corrected chi connectivity index (χ3v) is 8.08. The van der Waals surface area contributed by atoms with Crippen molar-refractivity contribution >= 4 is 12.0 Å². The normalized spacial score (nSPS) is 19.8. The van der Waals surface area contributed by atoms with Crippen LogP contribution in [-0.4, -0.2) is 59.9 Å². The molecule has 5 rings (SSSR count). The predicted molar refractivity (Wildman–Crippen MR) is 140 cm³/mol. The molecule has 0 atom stereocenters. The van der Waals surface area contributed by atoms with Gasteiger partial charge in [-0.05, 0) is 92.6 Å². The third kappa shape index (κ3) is 6.44. The number of halogens is 3. The Kier molecular flexibility index (Phi) is 7.72. The fourth-order valence-electron chi connectivity index (χ4n) is 5.74. The quantitative estimate of drug-likeness (QED) is 0.452. The number of fused-ring (bicyclic) bond motifs is 1. The zero-order chi connectivity index (χ0) is 26.0. The van der Waals surface area contributed by atoms with E-state index in [0.717, 1.165) is 63.0 Å². The van der Waals surface area contributed by atoms with Crippen LogP contribution in [0.4, 0.5) is 13.2 Å². The number of alkyl halides is 3. The van der Waals surface area contributed by atoms with E-state index in [0.29, 0.717) is 0 Å². The van der Waals surface area contributed by atoms with E-state index in [9.17, 15) is 18.0 Å². The van der Waals surface area contributed by atoms with Gasteiger partial charge in [0.25, 0.3) is 0 Å². The van der Waals surface area contributed by atoms with Crippen molar-refractivity contribution in [2.45, 2.75) is 57.4 Å². The van der Waals surface area contributed by atoms with Gasteiger partial charge in [-0.1, -0.05) is 36.4 Å². The lowest BCUT2D eigenvalue weighted by atomic mass is 9.94. The van der Waals surface area contributed by atoms with E-state index in [4.69, 9.17) is 0 Å². The number of hydrogen-bond donors (Lipinski definition) is 0. The van der Waals surface area contributed by atoms with Gasteiger partial charge in [0.15, 0.2) is 0 Å². The van der Waals surface area contributed by atoms with Gasteiger partial charge in [-0.25, -0.2) is 0 Å². The molecule has 2 aliphatic heterocycles. The van der Waals surface area contributed by atoms with Crippen LogP contribution in [0.5, 0.6) is 0 Å². The molecule has 1 aliphatic carbocycles. The summed E-state index contributed by atoms with van der Waals surface area (Å²) in [5, 5.41) is 0. The Morgan fingerprint density at radius 3 is 2.51 bits per heavy atom. The van der Waals surface area contributed by atoms with Gasteiger partial charge in [-0.3, -0.25) is 9.69 Å². The highest BCUT2D eigenvalue weighted by molar-refractivity contribution is 5.92. The number of piperidine rings is 1. The first-order chi connectivity index (χ1) is 17.8. The van der Waals surface area contributed by atoms with E-state index < -0.39 is 11.7 Å². The highest BCUT2D eigenvalue weighted by Gasteiger charge is 2.35. The van der Waals surface area contributed by atoms with Gasteiger partial charge in [0.2, 0.25) is 5.91 Å². The Bertz CT molecular complexity index is 1130. The molecule has 2 aromatic rings. The lowest BCUT2D eigenvalue weighted by Crippen LogP contribution is -2.45. The second kappa shape index (κ2) is 11.0. The maximum atomic E-state index is 13.7. The number of amides is 1. The lowest BCUT2D eigenvalue weighted by Gasteiger charge is -2.37. The van der Waals surface area contributed by atoms with Crippen LogP contribution in [0.1, 0.15) is 53.5 Å². The van der Waals surface area contributed by atoms with Crippen molar-refractivity contribution in [2.24, 2.45) is 5.92 Å². The molecule has 7 heteroatoms. The van der Waals surface area contributed by atoms with Gasteiger partial charge in [0, 0.05) is 38.3 Å². The standard InChI is InChI=1S/C30H36F3N3O/c1-34-16-13-26(14-17-34)36(21-25-5-2-3-8-28(25)30(31,32)33)29(37)12-11-23-6-4-7-24-20-35(18-15-27(23)24)19-22-9-10-22/h2-8,11-12,22,26H,9-10,13-21H2,1H3/b12-11+. The molecule has 2 fully saturated rings. The molecule has 0 bridgehead atoms. The van der Waals surface area contributed by atoms with Crippen molar-refractivity contribution in [2.75, 3.05) is 33.2 Å². The van der Waals surface area contributed by atoms with Crippen LogP contribution in [0.2, 0.25) is 0 Å². The van der Waals surface area contributed by atoms with Crippen LogP contribution >= 0.6 is 0 Å². The molecular weight excluding hydrogens is 475 g/mol. The third-order valence-electron chi connectivity index (χ3n) is 8.08. The van der Waals surface area contributed by atoms with Crippen LogP contribution in [0.3, 0.4) is 0 Å². The zero-order valence-corrected chi connectivity index (χ0v) is 21.5. The Labute approximate surface area is 217 Å². The largest absolute Gasteiger partial charge is 0.416 e. The second-order valence-corrected chi connectivity index (χ2v) is 10.9. The van der Waals surface area contributed by atoms with E-state index >= 15 is 0 Å². The molecule has 1 amide bonds. The van der Waals surface area contributed by atoms with Gasteiger partial charge in [0.05, 0.1) is 5.56 Å². The first-order valence-electron chi connectivity index (χ1n) is 13.4. The number of nitrogens with zero attached hydrogens (tertiary/aromatic N) is 3. The minimum absolute atomic E-state index is 0.0454. The van der Waals surface area contributed by atoms with Crippen molar-refractivity contribution in [1.29, 1.82) is 0 Å². The van der Waals surface area contributed by atoms with Crippen LogP contribution in [-0.2, 0) is 30.5 Å².